The lowest BCUT2D eigenvalue weighted by Gasteiger charge is -2.20. The largest absolute Gasteiger partial charge is 0.396 e. The summed E-state index contributed by atoms with van der Waals surface area (Å²) in [5, 5.41) is 16.8. The fraction of sp³-hybridized carbons (Fsp3) is 0.900. The van der Waals surface area contributed by atoms with E-state index in [4.69, 9.17) is 10.4 Å². The van der Waals surface area contributed by atoms with Crippen LogP contribution in [0.2, 0.25) is 0 Å². The maximum atomic E-state index is 11.8. The molecule has 0 spiro atoms. The number of nitrogens with one attached hydrogen (secondary N) is 1. The van der Waals surface area contributed by atoms with E-state index in [9.17, 15) is 8.42 Å². The highest BCUT2D eigenvalue weighted by Gasteiger charge is 2.33. The van der Waals surface area contributed by atoms with Gasteiger partial charge in [0.15, 0.2) is 5.25 Å². The standard InChI is InChI=1S/C10H18N2O3S/c1-2-9(6-11)16(14,15)12-10-5-3-4-8(10)7-13/h8-10,12-13H,2-5,7H2,1H3. The Bertz CT molecular complexity index is 361. The van der Waals surface area contributed by atoms with Crippen molar-refractivity contribution in [3.05, 3.63) is 0 Å². The predicted octanol–water partition coefficient (Wildman–Crippen LogP) is 0.369. The number of aliphatic hydroxyl groups is 1. The second-order valence-electron chi connectivity index (χ2n) is 4.17. The van der Waals surface area contributed by atoms with Crippen LogP contribution < -0.4 is 4.72 Å². The molecule has 0 saturated heterocycles. The number of rotatable bonds is 5. The van der Waals surface area contributed by atoms with Crippen molar-refractivity contribution in [2.75, 3.05) is 6.61 Å². The molecule has 5 nitrogen and oxygen atoms in total. The summed E-state index contributed by atoms with van der Waals surface area (Å²) in [6.07, 6.45) is 2.78. The lowest BCUT2D eigenvalue weighted by atomic mass is 10.1. The molecule has 2 N–H and O–H groups in total. The predicted molar refractivity (Wildman–Crippen MR) is 60.0 cm³/mol. The van der Waals surface area contributed by atoms with Crippen LogP contribution in [0.25, 0.3) is 0 Å². The molecule has 1 aliphatic carbocycles. The van der Waals surface area contributed by atoms with E-state index < -0.39 is 15.3 Å². The highest BCUT2D eigenvalue weighted by atomic mass is 32.2. The van der Waals surface area contributed by atoms with Gasteiger partial charge in [-0.2, -0.15) is 5.26 Å². The zero-order valence-electron chi connectivity index (χ0n) is 9.39. The van der Waals surface area contributed by atoms with Gasteiger partial charge in [0.1, 0.15) is 0 Å². The van der Waals surface area contributed by atoms with Crippen LogP contribution in [-0.2, 0) is 10.0 Å². The molecule has 6 heteroatoms. The van der Waals surface area contributed by atoms with E-state index in [1.54, 1.807) is 13.0 Å². The minimum atomic E-state index is -3.57. The third kappa shape index (κ3) is 2.94. The first kappa shape index (κ1) is 13.4. The van der Waals surface area contributed by atoms with Gasteiger partial charge >= 0.3 is 0 Å². The molecule has 1 saturated carbocycles. The zero-order valence-corrected chi connectivity index (χ0v) is 10.2. The van der Waals surface area contributed by atoms with Gasteiger partial charge in [-0.1, -0.05) is 13.3 Å². The lowest BCUT2D eigenvalue weighted by molar-refractivity contribution is 0.213. The molecule has 0 amide bonds. The summed E-state index contributed by atoms with van der Waals surface area (Å²) in [7, 11) is -3.57. The van der Waals surface area contributed by atoms with E-state index in [1.165, 1.54) is 0 Å². The maximum absolute atomic E-state index is 11.8. The SMILES string of the molecule is CCC(C#N)S(=O)(=O)NC1CCCC1CO. The topological polar surface area (TPSA) is 90.2 Å². The Morgan fingerprint density at radius 1 is 1.56 bits per heavy atom. The van der Waals surface area contributed by atoms with Crippen molar-refractivity contribution in [3.63, 3.8) is 0 Å². The molecule has 92 valence electrons. The first-order valence-corrected chi connectivity index (χ1v) is 7.11. The second kappa shape index (κ2) is 5.62. The summed E-state index contributed by atoms with van der Waals surface area (Å²) in [5.41, 5.74) is 0. The molecule has 0 aliphatic heterocycles. The Morgan fingerprint density at radius 3 is 2.75 bits per heavy atom. The van der Waals surface area contributed by atoms with Crippen molar-refractivity contribution in [2.45, 2.75) is 43.9 Å². The van der Waals surface area contributed by atoms with Gasteiger partial charge in [-0.05, 0) is 25.2 Å². The van der Waals surface area contributed by atoms with Crippen molar-refractivity contribution in [3.8, 4) is 6.07 Å². The minimum absolute atomic E-state index is 0.00344. The van der Waals surface area contributed by atoms with Crippen LogP contribution >= 0.6 is 0 Å². The third-order valence-electron chi connectivity index (χ3n) is 3.10. The van der Waals surface area contributed by atoms with E-state index in [-0.39, 0.29) is 25.0 Å². The molecule has 3 atom stereocenters. The summed E-state index contributed by atoms with van der Waals surface area (Å²) in [6, 6.07) is 1.58. The smallest absolute Gasteiger partial charge is 0.228 e. The number of aliphatic hydroxyl groups excluding tert-OH is 1. The summed E-state index contributed by atoms with van der Waals surface area (Å²) in [6.45, 7) is 1.67. The van der Waals surface area contributed by atoms with Gasteiger partial charge in [0, 0.05) is 12.6 Å². The highest BCUT2D eigenvalue weighted by Crippen LogP contribution is 2.26. The molecule has 0 aromatic heterocycles. The van der Waals surface area contributed by atoms with E-state index in [0.717, 1.165) is 19.3 Å². The van der Waals surface area contributed by atoms with Gasteiger partial charge in [0.05, 0.1) is 6.07 Å². The van der Waals surface area contributed by atoms with E-state index in [1.807, 2.05) is 0 Å². The van der Waals surface area contributed by atoms with Crippen molar-refractivity contribution >= 4 is 10.0 Å². The fourth-order valence-electron chi connectivity index (χ4n) is 2.08. The average Bonchev–Trinajstić information content (AvgIpc) is 2.65. The van der Waals surface area contributed by atoms with Crippen molar-refractivity contribution in [1.82, 2.24) is 4.72 Å². The molecular formula is C10H18N2O3S. The molecule has 0 bridgehead atoms. The first-order chi connectivity index (χ1) is 7.55. The van der Waals surface area contributed by atoms with Crippen LogP contribution in [-0.4, -0.2) is 31.4 Å². The Labute approximate surface area is 96.5 Å². The summed E-state index contributed by atoms with van der Waals surface area (Å²) < 4.78 is 26.1. The van der Waals surface area contributed by atoms with Crippen LogP contribution in [0.5, 0.6) is 0 Å². The Balaban J connectivity index is 2.69. The molecule has 1 rings (SSSR count). The van der Waals surface area contributed by atoms with Gasteiger partial charge in [-0.3, -0.25) is 0 Å². The van der Waals surface area contributed by atoms with Crippen molar-refractivity contribution in [1.29, 1.82) is 5.26 Å². The minimum Gasteiger partial charge on any atom is -0.396 e. The van der Waals surface area contributed by atoms with Crippen LogP contribution in [0.1, 0.15) is 32.6 Å². The molecule has 1 fully saturated rings. The molecular weight excluding hydrogens is 228 g/mol. The average molecular weight is 246 g/mol. The summed E-state index contributed by atoms with van der Waals surface area (Å²) in [4.78, 5) is 0. The Morgan fingerprint density at radius 2 is 2.25 bits per heavy atom. The van der Waals surface area contributed by atoms with E-state index in [0.29, 0.717) is 0 Å². The molecule has 0 aromatic carbocycles. The lowest BCUT2D eigenvalue weighted by Crippen LogP contribution is -2.42. The van der Waals surface area contributed by atoms with Gasteiger partial charge in [-0.15, -0.1) is 0 Å². The molecule has 1 aliphatic rings. The molecule has 3 unspecified atom stereocenters. The normalized spacial score (nSPS) is 27.6. The molecule has 16 heavy (non-hydrogen) atoms. The van der Waals surface area contributed by atoms with Crippen LogP contribution in [0.15, 0.2) is 0 Å². The summed E-state index contributed by atoms with van der Waals surface area (Å²) >= 11 is 0. The van der Waals surface area contributed by atoms with E-state index in [2.05, 4.69) is 4.72 Å². The van der Waals surface area contributed by atoms with Crippen LogP contribution in [0, 0.1) is 17.2 Å². The number of nitrogens with zero attached hydrogens (tertiary/aromatic N) is 1. The molecule has 0 radical (unpaired) electrons. The van der Waals surface area contributed by atoms with Crippen molar-refractivity contribution < 1.29 is 13.5 Å². The number of hydrogen-bond acceptors (Lipinski definition) is 4. The first-order valence-electron chi connectivity index (χ1n) is 5.56. The number of hydrogen-bond donors (Lipinski definition) is 2. The highest BCUT2D eigenvalue weighted by molar-refractivity contribution is 7.90. The quantitative estimate of drug-likeness (QED) is 0.733. The van der Waals surface area contributed by atoms with Gasteiger partial charge in [0.25, 0.3) is 0 Å². The number of sulfonamides is 1. The van der Waals surface area contributed by atoms with Crippen molar-refractivity contribution in [2.24, 2.45) is 5.92 Å². The second-order valence-corrected chi connectivity index (χ2v) is 6.06. The Hall–Kier alpha value is -0.640. The Kier molecular flexibility index (Phi) is 4.71. The third-order valence-corrected chi connectivity index (χ3v) is 4.92. The van der Waals surface area contributed by atoms with Gasteiger partial charge < -0.3 is 5.11 Å². The fourth-order valence-corrected chi connectivity index (χ4v) is 3.56. The van der Waals surface area contributed by atoms with Crippen LogP contribution in [0.4, 0.5) is 0 Å². The molecule has 0 aromatic rings. The monoisotopic (exact) mass is 246 g/mol. The van der Waals surface area contributed by atoms with Crippen LogP contribution in [0.3, 0.4) is 0 Å². The zero-order chi connectivity index (χ0) is 12.2. The summed E-state index contributed by atoms with van der Waals surface area (Å²) in [5.74, 6) is -0.00836. The van der Waals surface area contributed by atoms with Gasteiger partial charge in [-0.25, -0.2) is 13.1 Å². The molecule has 0 heterocycles. The maximum Gasteiger partial charge on any atom is 0.228 e. The van der Waals surface area contributed by atoms with Gasteiger partial charge in [0.2, 0.25) is 10.0 Å². The van der Waals surface area contributed by atoms with E-state index >= 15 is 0 Å². The number of nitriles is 1.